The number of rotatable bonds is 5. The number of hydrogen-bond donors (Lipinski definition) is 1. The van der Waals surface area contributed by atoms with Crippen molar-refractivity contribution in [3.8, 4) is 0 Å². The van der Waals surface area contributed by atoms with Crippen molar-refractivity contribution in [1.82, 2.24) is 0 Å². The van der Waals surface area contributed by atoms with Crippen molar-refractivity contribution in [3.05, 3.63) is 63.9 Å². The largest absolute Gasteiger partial charge is 0.378 e. The molecule has 106 valence electrons. The van der Waals surface area contributed by atoms with Gasteiger partial charge >= 0.3 is 0 Å². The van der Waals surface area contributed by atoms with Crippen LogP contribution in [0.5, 0.6) is 0 Å². The molecule has 1 N–H and O–H groups in total. The van der Waals surface area contributed by atoms with Crippen molar-refractivity contribution in [2.24, 2.45) is 0 Å². The Hall–Kier alpha value is -1.35. The van der Waals surface area contributed by atoms with E-state index in [4.69, 9.17) is 0 Å². The van der Waals surface area contributed by atoms with Gasteiger partial charge in [-0.15, -0.1) is 0 Å². The smallest absolute Gasteiger partial charge is 0.124 e. The molecule has 1 atom stereocenters. The van der Waals surface area contributed by atoms with Crippen LogP contribution in [-0.4, -0.2) is 0 Å². The first-order valence-corrected chi connectivity index (χ1v) is 7.70. The van der Waals surface area contributed by atoms with Crippen molar-refractivity contribution in [1.29, 1.82) is 0 Å². The molecule has 0 heterocycles. The standard InChI is InChI=1S/C17H19BrFN/c1-3-4-13-5-8-15(9-6-13)20-12(2)16-10-7-14(19)11-17(16)18/h5-12,20H,3-4H2,1-2H3. The lowest BCUT2D eigenvalue weighted by Gasteiger charge is -2.17. The van der Waals surface area contributed by atoms with Gasteiger partial charge in [0.05, 0.1) is 0 Å². The lowest BCUT2D eigenvalue weighted by molar-refractivity contribution is 0.625. The maximum absolute atomic E-state index is 13.1. The third-order valence-electron chi connectivity index (χ3n) is 3.30. The molecule has 0 saturated carbocycles. The lowest BCUT2D eigenvalue weighted by atomic mass is 10.1. The highest BCUT2D eigenvalue weighted by atomic mass is 79.9. The van der Waals surface area contributed by atoms with Crippen LogP contribution in [0.25, 0.3) is 0 Å². The first-order chi connectivity index (χ1) is 9.60. The monoisotopic (exact) mass is 335 g/mol. The molecular weight excluding hydrogens is 317 g/mol. The van der Waals surface area contributed by atoms with E-state index < -0.39 is 0 Å². The highest BCUT2D eigenvalue weighted by Gasteiger charge is 2.10. The third-order valence-corrected chi connectivity index (χ3v) is 3.99. The molecule has 0 bridgehead atoms. The van der Waals surface area contributed by atoms with Crippen LogP contribution in [0.2, 0.25) is 0 Å². The SMILES string of the molecule is CCCc1ccc(NC(C)c2ccc(F)cc2Br)cc1. The van der Waals surface area contributed by atoms with Crippen molar-refractivity contribution in [3.63, 3.8) is 0 Å². The molecule has 0 aliphatic rings. The van der Waals surface area contributed by atoms with E-state index in [0.29, 0.717) is 0 Å². The molecule has 20 heavy (non-hydrogen) atoms. The molecule has 2 aromatic carbocycles. The summed E-state index contributed by atoms with van der Waals surface area (Å²) in [6.45, 7) is 4.25. The minimum Gasteiger partial charge on any atom is -0.378 e. The predicted octanol–water partition coefficient (Wildman–Crippen LogP) is 5.71. The molecule has 3 heteroatoms. The van der Waals surface area contributed by atoms with Crippen LogP contribution >= 0.6 is 15.9 Å². The normalized spacial score (nSPS) is 12.2. The van der Waals surface area contributed by atoms with Crippen molar-refractivity contribution < 1.29 is 4.39 Å². The molecule has 0 amide bonds. The van der Waals surface area contributed by atoms with Crippen LogP contribution in [-0.2, 0) is 6.42 Å². The number of benzene rings is 2. The number of halogens is 2. The molecule has 1 unspecified atom stereocenters. The lowest BCUT2D eigenvalue weighted by Crippen LogP contribution is -2.07. The molecule has 0 radical (unpaired) electrons. The second kappa shape index (κ2) is 6.89. The summed E-state index contributed by atoms with van der Waals surface area (Å²) in [6.07, 6.45) is 2.27. The maximum Gasteiger partial charge on any atom is 0.124 e. The van der Waals surface area contributed by atoms with E-state index >= 15 is 0 Å². The Labute approximate surface area is 128 Å². The first kappa shape index (κ1) is 15.0. The van der Waals surface area contributed by atoms with E-state index in [2.05, 4.69) is 59.4 Å². The number of hydrogen-bond acceptors (Lipinski definition) is 1. The van der Waals surface area contributed by atoms with E-state index in [-0.39, 0.29) is 11.9 Å². The summed E-state index contributed by atoms with van der Waals surface area (Å²) in [4.78, 5) is 0. The molecular formula is C17H19BrFN. The van der Waals surface area contributed by atoms with E-state index in [1.807, 2.05) is 6.07 Å². The quantitative estimate of drug-likeness (QED) is 0.737. The Balaban J connectivity index is 2.08. The number of anilines is 1. The van der Waals surface area contributed by atoms with Crippen LogP contribution in [0.4, 0.5) is 10.1 Å². The summed E-state index contributed by atoms with van der Waals surface area (Å²) in [7, 11) is 0. The van der Waals surface area contributed by atoms with Crippen molar-refractivity contribution in [2.75, 3.05) is 5.32 Å². The molecule has 0 spiro atoms. The van der Waals surface area contributed by atoms with E-state index in [0.717, 1.165) is 28.6 Å². The Morgan fingerprint density at radius 2 is 1.85 bits per heavy atom. The second-order valence-corrected chi connectivity index (χ2v) is 5.83. The fourth-order valence-electron chi connectivity index (χ4n) is 2.24. The summed E-state index contributed by atoms with van der Waals surface area (Å²) in [5, 5.41) is 3.44. The topological polar surface area (TPSA) is 12.0 Å². The molecule has 0 aliphatic heterocycles. The van der Waals surface area contributed by atoms with Crippen LogP contribution in [0.1, 0.15) is 37.4 Å². The van der Waals surface area contributed by atoms with Crippen LogP contribution in [0, 0.1) is 5.82 Å². The minimum absolute atomic E-state index is 0.113. The number of nitrogens with one attached hydrogen (secondary N) is 1. The average molecular weight is 336 g/mol. The van der Waals surface area contributed by atoms with Gasteiger partial charge in [0.25, 0.3) is 0 Å². The zero-order chi connectivity index (χ0) is 14.5. The summed E-state index contributed by atoms with van der Waals surface area (Å²) >= 11 is 3.41. The maximum atomic E-state index is 13.1. The molecule has 2 rings (SSSR count). The summed E-state index contributed by atoms with van der Waals surface area (Å²) in [5.41, 5.74) is 3.48. The summed E-state index contributed by atoms with van der Waals surface area (Å²) in [5.74, 6) is -0.225. The average Bonchev–Trinajstić information content (AvgIpc) is 2.41. The Kier molecular flexibility index (Phi) is 5.18. The summed E-state index contributed by atoms with van der Waals surface area (Å²) < 4.78 is 13.9. The Bertz CT molecular complexity index is 566. The van der Waals surface area contributed by atoms with Gasteiger partial charge in [0.2, 0.25) is 0 Å². The minimum atomic E-state index is -0.225. The molecule has 0 fully saturated rings. The molecule has 0 aromatic heterocycles. The third kappa shape index (κ3) is 3.83. The highest BCUT2D eigenvalue weighted by Crippen LogP contribution is 2.27. The molecule has 2 aromatic rings. The van der Waals surface area contributed by atoms with E-state index in [1.54, 1.807) is 0 Å². The van der Waals surface area contributed by atoms with Gasteiger partial charge in [-0.25, -0.2) is 4.39 Å². The molecule has 0 aliphatic carbocycles. The van der Waals surface area contributed by atoms with Crippen LogP contribution in [0.3, 0.4) is 0 Å². The highest BCUT2D eigenvalue weighted by molar-refractivity contribution is 9.10. The zero-order valence-corrected chi connectivity index (χ0v) is 13.4. The van der Waals surface area contributed by atoms with Gasteiger partial charge in [0.1, 0.15) is 5.82 Å². The van der Waals surface area contributed by atoms with Gasteiger partial charge in [-0.1, -0.05) is 47.5 Å². The van der Waals surface area contributed by atoms with Gasteiger partial charge in [-0.3, -0.25) is 0 Å². The zero-order valence-electron chi connectivity index (χ0n) is 11.8. The van der Waals surface area contributed by atoms with E-state index in [9.17, 15) is 4.39 Å². The van der Waals surface area contributed by atoms with Crippen molar-refractivity contribution >= 4 is 21.6 Å². The van der Waals surface area contributed by atoms with Crippen LogP contribution < -0.4 is 5.32 Å². The van der Waals surface area contributed by atoms with Crippen LogP contribution in [0.15, 0.2) is 46.9 Å². The fraction of sp³-hybridized carbons (Fsp3) is 0.294. The fourth-order valence-corrected chi connectivity index (χ4v) is 2.93. The van der Waals surface area contributed by atoms with Gasteiger partial charge in [0.15, 0.2) is 0 Å². The molecule has 1 nitrogen and oxygen atoms in total. The van der Waals surface area contributed by atoms with E-state index in [1.165, 1.54) is 17.7 Å². The van der Waals surface area contributed by atoms with Gasteiger partial charge < -0.3 is 5.32 Å². The van der Waals surface area contributed by atoms with Gasteiger partial charge in [0, 0.05) is 16.2 Å². The summed E-state index contributed by atoms with van der Waals surface area (Å²) in [6, 6.07) is 13.4. The van der Waals surface area contributed by atoms with Crippen molar-refractivity contribution in [2.45, 2.75) is 32.7 Å². The van der Waals surface area contributed by atoms with Gasteiger partial charge in [-0.05, 0) is 48.7 Å². The second-order valence-electron chi connectivity index (χ2n) is 4.98. The Morgan fingerprint density at radius 1 is 1.15 bits per heavy atom. The molecule has 0 saturated heterocycles. The Morgan fingerprint density at radius 3 is 2.45 bits per heavy atom. The first-order valence-electron chi connectivity index (χ1n) is 6.90. The number of aryl methyl sites for hydroxylation is 1. The van der Waals surface area contributed by atoms with Gasteiger partial charge in [-0.2, -0.15) is 0 Å². The predicted molar refractivity (Wildman–Crippen MR) is 86.6 cm³/mol.